The van der Waals surface area contributed by atoms with E-state index < -0.39 is 16.8 Å². The molecule has 0 heterocycles. The number of allylic oxidation sites excluding steroid dienone is 1. The van der Waals surface area contributed by atoms with Gasteiger partial charge in [-0.15, -0.1) is 6.58 Å². The first-order chi connectivity index (χ1) is 9.46. The second-order valence-electron chi connectivity index (χ2n) is 4.06. The molecule has 1 rings (SSSR count). The molecule has 0 saturated heterocycles. The lowest BCUT2D eigenvalue weighted by Gasteiger charge is -2.12. The summed E-state index contributed by atoms with van der Waals surface area (Å²) >= 11 is 0. The Kier molecular flexibility index (Phi) is 5.14. The first kappa shape index (κ1) is 15.6. The number of carbonyl (C=O) groups is 2. The van der Waals surface area contributed by atoms with Gasteiger partial charge in [-0.3, -0.25) is 14.9 Å². The van der Waals surface area contributed by atoms with Crippen LogP contribution in [0.5, 0.6) is 0 Å². The fourth-order valence-corrected chi connectivity index (χ4v) is 1.87. The second-order valence-corrected chi connectivity index (χ2v) is 4.06. The van der Waals surface area contributed by atoms with E-state index >= 15 is 0 Å². The number of hydrogen-bond donors (Lipinski definition) is 0. The maximum absolute atomic E-state index is 11.9. The highest BCUT2D eigenvalue weighted by molar-refractivity contribution is 5.92. The van der Waals surface area contributed by atoms with Crippen LogP contribution in [0.3, 0.4) is 0 Å². The SMILES string of the molecule is C=CC(C(=O)CC)c1cc(C(=O)OC)ccc1[N+](=O)[O-]. The number of nitro benzene ring substituents is 1. The third kappa shape index (κ3) is 3.09. The van der Waals surface area contributed by atoms with Crippen molar-refractivity contribution in [1.29, 1.82) is 0 Å². The molecule has 0 fully saturated rings. The molecule has 0 radical (unpaired) electrons. The van der Waals surface area contributed by atoms with Crippen LogP contribution in [0.1, 0.15) is 35.2 Å². The lowest BCUT2D eigenvalue weighted by atomic mass is 9.91. The van der Waals surface area contributed by atoms with E-state index in [1.54, 1.807) is 6.92 Å². The normalized spacial score (nSPS) is 11.5. The van der Waals surface area contributed by atoms with Gasteiger partial charge in [0.05, 0.1) is 23.5 Å². The smallest absolute Gasteiger partial charge is 0.337 e. The van der Waals surface area contributed by atoms with Crippen LogP contribution in [0.4, 0.5) is 5.69 Å². The molecule has 0 aromatic heterocycles. The fraction of sp³-hybridized carbons (Fsp3) is 0.286. The molecule has 0 bridgehead atoms. The van der Waals surface area contributed by atoms with E-state index in [1.807, 2.05) is 0 Å². The largest absolute Gasteiger partial charge is 0.465 e. The molecule has 0 N–H and O–H groups in total. The zero-order chi connectivity index (χ0) is 15.3. The molecule has 20 heavy (non-hydrogen) atoms. The number of Topliss-reactive ketones (excluding diaryl/α,β-unsaturated/α-hetero) is 1. The Labute approximate surface area is 116 Å². The van der Waals surface area contributed by atoms with Crippen LogP contribution in [-0.2, 0) is 9.53 Å². The van der Waals surface area contributed by atoms with Crippen LogP contribution in [0.15, 0.2) is 30.9 Å². The third-order valence-corrected chi connectivity index (χ3v) is 2.91. The lowest BCUT2D eigenvalue weighted by Crippen LogP contribution is -2.12. The molecule has 1 atom stereocenters. The molecular weight excluding hydrogens is 262 g/mol. The van der Waals surface area contributed by atoms with Crippen molar-refractivity contribution in [2.45, 2.75) is 19.3 Å². The third-order valence-electron chi connectivity index (χ3n) is 2.91. The summed E-state index contributed by atoms with van der Waals surface area (Å²) in [4.78, 5) is 33.8. The van der Waals surface area contributed by atoms with Crippen molar-refractivity contribution < 1.29 is 19.2 Å². The number of rotatable bonds is 6. The predicted molar refractivity (Wildman–Crippen MR) is 72.7 cm³/mol. The van der Waals surface area contributed by atoms with Crippen molar-refractivity contribution in [3.63, 3.8) is 0 Å². The van der Waals surface area contributed by atoms with E-state index in [0.29, 0.717) is 0 Å². The number of ether oxygens (including phenoxy) is 1. The summed E-state index contributed by atoms with van der Waals surface area (Å²) in [5, 5.41) is 11.0. The van der Waals surface area contributed by atoms with E-state index in [-0.39, 0.29) is 29.0 Å². The Hall–Kier alpha value is -2.50. The number of nitrogens with zero attached hydrogens (tertiary/aromatic N) is 1. The topological polar surface area (TPSA) is 86.5 Å². The molecule has 1 aromatic carbocycles. The average Bonchev–Trinajstić information content (AvgIpc) is 2.46. The van der Waals surface area contributed by atoms with Gasteiger partial charge in [-0.1, -0.05) is 13.0 Å². The molecule has 0 amide bonds. The first-order valence-corrected chi connectivity index (χ1v) is 5.98. The summed E-state index contributed by atoms with van der Waals surface area (Å²) in [6, 6.07) is 3.80. The van der Waals surface area contributed by atoms with Gasteiger partial charge < -0.3 is 4.74 Å². The van der Waals surface area contributed by atoms with Gasteiger partial charge in [-0.2, -0.15) is 0 Å². The Morgan fingerprint density at radius 1 is 1.50 bits per heavy atom. The summed E-state index contributed by atoms with van der Waals surface area (Å²) in [5.41, 5.74) is 0.0907. The summed E-state index contributed by atoms with van der Waals surface area (Å²) in [6.45, 7) is 5.20. The summed E-state index contributed by atoms with van der Waals surface area (Å²) in [7, 11) is 1.21. The number of ketones is 1. The highest BCUT2D eigenvalue weighted by atomic mass is 16.6. The van der Waals surface area contributed by atoms with Crippen LogP contribution in [0, 0.1) is 10.1 Å². The maximum atomic E-state index is 11.9. The van der Waals surface area contributed by atoms with Crippen molar-refractivity contribution in [3.8, 4) is 0 Å². The molecule has 1 unspecified atom stereocenters. The van der Waals surface area contributed by atoms with Gasteiger partial charge >= 0.3 is 5.97 Å². The quantitative estimate of drug-likeness (QED) is 0.345. The first-order valence-electron chi connectivity index (χ1n) is 5.98. The Morgan fingerprint density at radius 3 is 2.60 bits per heavy atom. The van der Waals surface area contributed by atoms with Crippen molar-refractivity contribution >= 4 is 17.4 Å². The van der Waals surface area contributed by atoms with Gasteiger partial charge in [0.1, 0.15) is 5.78 Å². The number of carbonyl (C=O) groups excluding carboxylic acids is 2. The van der Waals surface area contributed by atoms with E-state index in [0.717, 1.165) is 0 Å². The highest BCUT2D eigenvalue weighted by Crippen LogP contribution is 2.30. The van der Waals surface area contributed by atoms with Gasteiger partial charge in [-0.25, -0.2) is 4.79 Å². The molecule has 6 nitrogen and oxygen atoms in total. The van der Waals surface area contributed by atoms with Crippen LogP contribution in [0.25, 0.3) is 0 Å². The monoisotopic (exact) mass is 277 g/mol. The highest BCUT2D eigenvalue weighted by Gasteiger charge is 2.26. The van der Waals surface area contributed by atoms with Crippen LogP contribution in [0.2, 0.25) is 0 Å². The molecule has 106 valence electrons. The predicted octanol–water partition coefficient (Wildman–Crippen LogP) is 2.63. The van der Waals surface area contributed by atoms with Crippen LogP contribution >= 0.6 is 0 Å². The van der Waals surface area contributed by atoms with Gasteiger partial charge in [0.2, 0.25) is 0 Å². The van der Waals surface area contributed by atoms with Gasteiger partial charge in [0.25, 0.3) is 5.69 Å². The lowest BCUT2D eigenvalue weighted by molar-refractivity contribution is -0.385. The number of hydrogen-bond acceptors (Lipinski definition) is 5. The van der Waals surface area contributed by atoms with E-state index in [1.165, 1.54) is 31.4 Å². The van der Waals surface area contributed by atoms with Crippen LogP contribution < -0.4 is 0 Å². The number of benzene rings is 1. The Balaban J connectivity index is 3.45. The summed E-state index contributed by atoms with van der Waals surface area (Å²) in [5.74, 6) is -1.64. The van der Waals surface area contributed by atoms with Gasteiger partial charge in [0, 0.05) is 18.1 Å². The molecule has 0 aliphatic rings. The minimum Gasteiger partial charge on any atom is -0.465 e. The minimum atomic E-state index is -0.815. The molecule has 0 spiro atoms. The summed E-state index contributed by atoms with van der Waals surface area (Å²) < 4.78 is 4.57. The van der Waals surface area contributed by atoms with E-state index in [4.69, 9.17) is 0 Å². The Bertz CT molecular complexity index is 565. The van der Waals surface area contributed by atoms with Crippen molar-refractivity contribution in [2.24, 2.45) is 0 Å². The van der Waals surface area contributed by atoms with E-state index in [2.05, 4.69) is 11.3 Å². The standard InChI is InChI=1S/C14H15NO5/c1-4-10(13(16)5-2)11-8-9(14(17)20-3)6-7-12(11)15(18)19/h4,6-8,10H,1,5H2,2-3H3. The van der Waals surface area contributed by atoms with Crippen LogP contribution in [-0.4, -0.2) is 23.8 Å². The molecule has 6 heteroatoms. The molecule has 0 saturated carbocycles. The van der Waals surface area contributed by atoms with E-state index in [9.17, 15) is 19.7 Å². The molecular formula is C14H15NO5. The summed E-state index contributed by atoms with van der Waals surface area (Å²) in [6.07, 6.45) is 1.56. The number of nitro groups is 1. The second kappa shape index (κ2) is 6.60. The number of methoxy groups -OCH3 is 1. The Morgan fingerprint density at radius 2 is 2.15 bits per heavy atom. The zero-order valence-electron chi connectivity index (χ0n) is 11.3. The van der Waals surface area contributed by atoms with Crippen molar-refractivity contribution in [2.75, 3.05) is 7.11 Å². The average molecular weight is 277 g/mol. The molecule has 1 aromatic rings. The zero-order valence-corrected chi connectivity index (χ0v) is 11.3. The fourth-order valence-electron chi connectivity index (χ4n) is 1.87. The van der Waals surface area contributed by atoms with Crippen molar-refractivity contribution in [1.82, 2.24) is 0 Å². The molecule has 0 aliphatic carbocycles. The maximum Gasteiger partial charge on any atom is 0.337 e. The number of esters is 1. The minimum absolute atomic E-state index is 0.153. The van der Waals surface area contributed by atoms with Gasteiger partial charge in [0.15, 0.2) is 0 Å². The molecule has 0 aliphatic heterocycles. The van der Waals surface area contributed by atoms with Crippen molar-refractivity contribution in [3.05, 3.63) is 52.1 Å². The van der Waals surface area contributed by atoms with Gasteiger partial charge in [-0.05, 0) is 12.1 Å².